The highest BCUT2D eigenvalue weighted by molar-refractivity contribution is 5.81. The highest BCUT2D eigenvalue weighted by atomic mass is 16.6. The molecule has 0 aliphatic carbocycles. The number of hydrogen-bond donors (Lipinski definition) is 5. The van der Waals surface area contributed by atoms with E-state index in [1.807, 2.05) is 6.92 Å². The van der Waals surface area contributed by atoms with Gasteiger partial charge in [-0.25, -0.2) is 9.78 Å². The number of fused-ring (bicyclic) bond motifs is 1. The second kappa shape index (κ2) is 6.23. The van der Waals surface area contributed by atoms with Crippen molar-refractivity contribution < 1.29 is 20.1 Å². The van der Waals surface area contributed by atoms with Crippen LogP contribution in [0.3, 0.4) is 0 Å². The van der Waals surface area contributed by atoms with E-state index >= 15 is 0 Å². The molecule has 1 aliphatic heterocycles. The molecule has 6 N–H and O–H groups in total. The molecule has 4 atom stereocenters. The Hall–Kier alpha value is -2.27. The number of anilines is 1. The van der Waals surface area contributed by atoms with Crippen LogP contribution >= 0.6 is 0 Å². The lowest BCUT2D eigenvalue weighted by molar-refractivity contribution is -0.150. The number of aromatic amines is 1. The molecule has 3 heterocycles. The fourth-order valence-corrected chi connectivity index (χ4v) is 3.15. The number of aromatic nitrogens is 4. The van der Waals surface area contributed by atoms with E-state index in [1.165, 1.54) is 10.9 Å². The molecule has 10 heteroatoms. The number of nitrogens with zero attached hydrogens (tertiary/aromatic N) is 3. The molecule has 1 saturated heterocycles. The first-order chi connectivity index (χ1) is 11.8. The fourth-order valence-electron chi connectivity index (χ4n) is 3.15. The van der Waals surface area contributed by atoms with Crippen molar-refractivity contribution in [3.8, 4) is 0 Å². The van der Waals surface area contributed by atoms with E-state index in [2.05, 4.69) is 21.5 Å². The van der Waals surface area contributed by atoms with E-state index in [4.69, 9.17) is 10.5 Å². The number of imidazole rings is 1. The number of aliphatic hydroxyl groups is 3. The second-order valence-electron chi connectivity index (χ2n) is 6.32. The average molecular weight is 351 g/mol. The van der Waals surface area contributed by atoms with Crippen LogP contribution < -0.4 is 11.4 Å². The van der Waals surface area contributed by atoms with Gasteiger partial charge >= 0.3 is 5.69 Å². The molecule has 2 aromatic heterocycles. The van der Waals surface area contributed by atoms with Gasteiger partial charge in [0.1, 0.15) is 29.6 Å². The summed E-state index contributed by atoms with van der Waals surface area (Å²) in [6.45, 7) is 5.18. The summed E-state index contributed by atoms with van der Waals surface area (Å²) in [5, 5.41) is 30.4. The zero-order valence-electron chi connectivity index (χ0n) is 13.7. The summed E-state index contributed by atoms with van der Waals surface area (Å²) in [4.78, 5) is 22.1. The number of aliphatic hydroxyl groups excluding tert-OH is 3. The minimum Gasteiger partial charge on any atom is -0.394 e. The van der Waals surface area contributed by atoms with E-state index in [0.29, 0.717) is 6.42 Å². The zero-order valence-corrected chi connectivity index (χ0v) is 13.7. The van der Waals surface area contributed by atoms with Crippen LogP contribution in [0.2, 0.25) is 0 Å². The molecular weight excluding hydrogens is 330 g/mol. The second-order valence-corrected chi connectivity index (χ2v) is 6.32. The predicted octanol–water partition coefficient (Wildman–Crippen LogP) is -1.18. The number of ether oxygens (including phenoxy) is 1. The number of nitrogens with two attached hydrogens (primary N) is 1. The van der Waals surface area contributed by atoms with E-state index in [-0.39, 0.29) is 23.4 Å². The molecule has 10 nitrogen and oxygen atoms in total. The summed E-state index contributed by atoms with van der Waals surface area (Å²) < 4.78 is 7.23. The van der Waals surface area contributed by atoms with Gasteiger partial charge in [0.2, 0.25) is 0 Å². The minimum absolute atomic E-state index is 0.0375. The Bertz CT molecular complexity index is 862. The van der Waals surface area contributed by atoms with Crippen molar-refractivity contribution in [2.75, 3.05) is 12.3 Å². The molecule has 136 valence electrons. The number of nitrogen functional groups attached to an aromatic ring is 1. The predicted molar refractivity (Wildman–Crippen MR) is 88.6 cm³/mol. The van der Waals surface area contributed by atoms with Gasteiger partial charge in [0.05, 0.1) is 12.9 Å². The van der Waals surface area contributed by atoms with Gasteiger partial charge in [-0.15, -0.1) is 6.58 Å². The Kier molecular flexibility index (Phi) is 4.37. The van der Waals surface area contributed by atoms with E-state index < -0.39 is 36.3 Å². The van der Waals surface area contributed by atoms with Crippen molar-refractivity contribution in [2.45, 2.75) is 43.8 Å². The molecule has 0 radical (unpaired) electrons. The lowest BCUT2D eigenvalue weighted by atomic mass is 9.95. The van der Waals surface area contributed by atoms with Crippen LogP contribution in [0.1, 0.15) is 19.8 Å². The van der Waals surface area contributed by atoms with Crippen molar-refractivity contribution in [3.05, 3.63) is 29.0 Å². The molecule has 0 spiro atoms. The van der Waals surface area contributed by atoms with Gasteiger partial charge in [-0.05, 0) is 13.3 Å². The van der Waals surface area contributed by atoms with Gasteiger partial charge in [-0.3, -0.25) is 9.55 Å². The monoisotopic (exact) mass is 351 g/mol. The summed E-state index contributed by atoms with van der Waals surface area (Å²) in [5.74, 6) is 0.0375. The SMILES string of the molecule is C=C(C)CC[C@@]1(n2cnc3c(N)[nH]c(=O)nc32)O[C@H](CO)[C@@H](O)[C@H]1O. The Morgan fingerprint density at radius 3 is 2.88 bits per heavy atom. The lowest BCUT2D eigenvalue weighted by Gasteiger charge is -2.34. The van der Waals surface area contributed by atoms with Gasteiger partial charge in [0.25, 0.3) is 0 Å². The molecule has 2 aromatic rings. The largest absolute Gasteiger partial charge is 0.394 e. The summed E-state index contributed by atoms with van der Waals surface area (Å²) in [7, 11) is 0. The topological polar surface area (TPSA) is 160 Å². The maximum Gasteiger partial charge on any atom is 0.348 e. The summed E-state index contributed by atoms with van der Waals surface area (Å²) in [6.07, 6.45) is -1.63. The van der Waals surface area contributed by atoms with E-state index in [9.17, 15) is 20.1 Å². The van der Waals surface area contributed by atoms with Crippen LogP contribution in [0.4, 0.5) is 5.82 Å². The van der Waals surface area contributed by atoms with Crippen LogP contribution in [-0.2, 0) is 10.5 Å². The van der Waals surface area contributed by atoms with Crippen molar-refractivity contribution in [2.24, 2.45) is 0 Å². The third kappa shape index (κ3) is 2.72. The average Bonchev–Trinajstić information content (AvgIpc) is 3.08. The van der Waals surface area contributed by atoms with Crippen molar-refractivity contribution in [1.29, 1.82) is 0 Å². The van der Waals surface area contributed by atoms with Crippen LogP contribution in [0.25, 0.3) is 11.2 Å². The van der Waals surface area contributed by atoms with Crippen LogP contribution in [0.15, 0.2) is 23.3 Å². The molecule has 0 saturated carbocycles. The first-order valence-corrected chi connectivity index (χ1v) is 7.82. The van der Waals surface area contributed by atoms with Gasteiger partial charge in [-0.2, -0.15) is 4.98 Å². The third-order valence-corrected chi connectivity index (χ3v) is 4.47. The van der Waals surface area contributed by atoms with Gasteiger partial charge < -0.3 is 25.8 Å². The molecule has 25 heavy (non-hydrogen) atoms. The maximum atomic E-state index is 11.7. The quantitative estimate of drug-likeness (QED) is 0.421. The number of rotatable bonds is 5. The number of allylic oxidation sites excluding steroid dienone is 1. The molecule has 0 unspecified atom stereocenters. The van der Waals surface area contributed by atoms with Crippen LogP contribution in [0.5, 0.6) is 0 Å². The minimum atomic E-state index is -1.46. The van der Waals surface area contributed by atoms with E-state index in [0.717, 1.165) is 5.57 Å². The number of nitrogens with one attached hydrogen (secondary N) is 1. The number of H-pyrrole nitrogens is 1. The maximum absolute atomic E-state index is 11.7. The first kappa shape index (κ1) is 17.5. The molecule has 1 fully saturated rings. The Labute approximate surface area is 142 Å². The molecule has 3 rings (SSSR count). The highest BCUT2D eigenvalue weighted by Gasteiger charge is 2.55. The molecular formula is C15H21N5O5. The summed E-state index contributed by atoms with van der Waals surface area (Å²) in [6, 6.07) is 0. The Balaban J connectivity index is 2.19. The zero-order chi connectivity index (χ0) is 18.4. The number of hydrogen-bond acceptors (Lipinski definition) is 8. The normalized spacial score (nSPS) is 29.4. The molecule has 1 aliphatic rings. The van der Waals surface area contributed by atoms with Gasteiger partial charge in [-0.1, -0.05) is 5.57 Å². The smallest absolute Gasteiger partial charge is 0.348 e. The first-order valence-electron chi connectivity index (χ1n) is 7.82. The standard InChI is InChI=1S/C15H21N5O5/c1-7(2)3-4-15(11(23)10(22)8(5-21)25-15)20-6-17-9-12(16)18-14(24)19-13(9)20/h6,8,10-11,21-23H,1,3-5H2,2H3,(H3,16,18,19,24)/t8-,10-,11-,15-/m1/s1. The highest BCUT2D eigenvalue weighted by Crippen LogP contribution is 2.41. The van der Waals surface area contributed by atoms with Crippen molar-refractivity contribution in [3.63, 3.8) is 0 Å². The van der Waals surface area contributed by atoms with Crippen LogP contribution in [0, 0.1) is 0 Å². The Morgan fingerprint density at radius 1 is 1.56 bits per heavy atom. The van der Waals surface area contributed by atoms with Gasteiger partial charge in [0.15, 0.2) is 11.4 Å². The Morgan fingerprint density at radius 2 is 2.28 bits per heavy atom. The van der Waals surface area contributed by atoms with E-state index in [1.54, 1.807) is 0 Å². The van der Waals surface area contributed by atoms with Crippen molar-refractivity contribution >= 4 is 17.0 Å². The van der Waals surface area contributed by atoms with Crippen LogP contribution in [-0.4, -0.2) is 59.8 Å². The van der Waals surface area contributed by atoms with Gasteiger partial charge in [0, 0.05) is 6.42 Å². The summed E-state index contributed by atoms with van der Waals surface area (Å²) >= 11 is 0. The summed E-state index contributed by atoms with van der Waals surface area (Å²) in [5.41, 5.74) is 4.84. The molecule has 0 aromatic carbocycles. The fraction of sp³-hybridized carbons (Fsp3) is 0.533. The third-order valence-electron chi connectivity index (χ3n) is 4.47. The molecule has 0 bridgehead atoms. The van der Waals surface area contributed by atoms with Crippen molar-refractivity contribution in [1.82, 2.24) is 19.5 Å². The lowest BCUT2D eigenvalue weighted by Crippen LogP contribution is -2.45. The molecule has 0 amide bonds.